The van der Waals surface area contributed by atoms with Gasteiger partial charge in [0.05, 0.1) is 15.9 Å². The van der Waals surface area contributed by atoms with Crippen LogP contribution in [0.15, 0.2) is 109 Å². The molecule has 1 heterocycles. The first-order valence-electron chi connectivity index (χ1n) is 14.9. The number of nitrogens with zero attached hydrogens (tertiary/aromatic N) is 1. The van der Waals surface area contributed by atoms with Crippen LogP contribution in [0.3, 0.4) is 0 Å². The number of nitrogens with one attached hydrogen (secondary N) is 1. The second-order valence-electron chi connectivity index (χ2n) is 11.8. The van der Waals surface area contributed by atoms with Gasteiger partial charge in [-0.1, -0.05) is 42.5 Å². The van der Waals surface area contributed by atoms with Crippen molar-refractivity contribution in [3.05, 3.63) is 113 Å². The second-order valence-corrected chi connectivity index (χ2v) is 16.0. The minimum absolute atomic E-state index is 0.00857. The maximum Gasteiger partial charge on any atom is 0.296 e. The van der Waals surface area contributed by atoms with E-state index in [9.17, 15) is 38.9 Å². The quantitative estimate of drug-likeness (QED) is 0.0958. The first-order valence-corrected chi connectivity index (χ1v) is 19.2. The van der Waals surface area contributed by atoms with Crippen LogP contribution < -0.4 is 10.7 Å². The van der Waals surface area contributed by atoms with Gasteiger partial charge in [-0.3, -0.25) is 13.7 Å². The zero-order valence-electron chi connectivity index (χ0n) is 27.0. The minimum Gasteiger partial charge on any atom is -0.456 e. The summed E-state index contributed by atoms with van der Waals surface area (Å²) in [4.78, 5) is 2.84. The third-order valence-electron chi connectivity index (χ3n) is 8.36. The normalized spacial score (nSPS) is 12.9. The van der Waals surface area contributed by atoms with Crippen LogP contribution in [0.25, 0.3) is 33.4 Å². The summed E-state index contributed by atoms with van der Waals surface area (Å²) in [6, 6.07) is 21.4. The molecule has 0 bridgehead atoms. The fourth-order valence-electron chi connectivity index (χ4n) is 6.01. The number of hydrogen-bond donors (Lipinski definition) is 4. The highest BCUT2D eigenvalue weighted by atomic mass is 32.2. The van der Waals surface area contributed by atoms with E-state index in [1.807, 2.05) is 32.0 Å². The van der Waals surface area contributed by atoms with Crippen molar-refractivity contribution in [1.29, 1.82) is 0 Å². The van der Waals surface area contributed by atoms with Gasteiger partial charge in [0, 0.05) is 45.6 Å². The van der Waals surface area contributed by atoms with Gasteiger partial charge in [0.25, 0.3) is 30.4 Å². The van der Waals surface area contributed by atoms with Gasteiger partial charge in [-0.25, -0.2) is 4.99 Å². The lowest BCUT2D eigenvalue weighted by Gasteiger charge is -2.19. The molecule has 50 heavy (non-hydrogen) atoms. The Morgan fingerprint density at radius 3 is 1.90 bits per heavy atom. The Labute approximate surface area is 288 Å². The third-order valence-corrected chi connectivity index (χ3v) is 11.1. The SMILES string of the molecule is Cc1ccc(S(=O)(=O)O)c(C)c1N=c1cc2oc3cc(Nc4c(C)cccc4C)ccc3c(-c3ccccc3S(=O)(=O)O)c-2cc1S(=O)(=O)O. The van der Waals surface area contributed by atoms with E-state index in [1.165, 1.54) is 43.3 Å². The molecule has 258 valence electrons. The lowest BCUT2D eigenvalue weighted by molar-refractivity contribution is 0.479. The van der Waals surface area contributed by atoms with Gasteiger partial charge in [0.1, 0.15) is 21.1 Å². The summed E-state index contributed by atoms with van der Waals surface area (Å²) in [5, 5.41) is 3.40. The van der Waals surface area contributed by atoms with Crippen molar-refractivity contribution in [3.8, 4) is 22.5 Å². The zero-order chi connectivity index (χ0) is 36.3. The summed E-state index contributed by atoms with van der Waals surface area (Å²) < 4.78 is 112. The molecule has 0 amide bonds. The number of hydrogen-bond acceptors (Lipinski definition) is 9. The number of benzene rings is 5. The molecule has 0 spiro atoms. The van der Waals surface area contributed by atoms with Gasteiger partial charge in [0.2, 0.25) is 0 Å². The number of para-hydroxylation sites is 1. The predicted octanol–water partition coefficient (Wildman–Crippen LogP) is 7.15. The minimum atomic E-state index is -5.03. The van der Waals surface area contributed by atoms with Crippen LogP contribution in [0, 0.1) is 27.7 Å². The van der Waals surface area contributed by atoms with Crippen molar-refractivity contribution in [2.75, 3.05) is 5.32 Å². The summed E-state index contributed by atoms with van der Waals surface area (Å²) in [6.07, 6.45) is 0. The van der Waals surface area contributed by atoms with Crippen LogP contribution in [0.4, 0.5) is 17.1 Å². The Bertz CT molecular complexity index is 2730. The van der Waals surface area contributed by atoms with E-state index >= 15 is 0 Å². The topological polar surface area (TPSA) is 201 Å². The van der Waals surface area contributed by atoms with Crippen LogP contribution in [0.5, 0.6) is 0 Å². The van der Waals surface area contributed by atoms with Gasteiger partial charge in [-0.15, -0.1) is 0 Å². The van der Waals surface area contributed by atoms with Crippen molar-refractivity contribution < 1.29 is 43.3 Å². The van der Waals surface area contributed by atoms with E-state index in [4.69, 9.17) is 4.42 Å². The first-order chi connectivity index (χ1) is 23.3. The standard InChI is InChI=1S/C35H30N2O10S3/c1-19-8-7-9-20(2)34(19)36-23-13-14-24-28(16-23)47-29-18-27(37-35-21(3)12-15-30(22(35)4)48(38,39)40)32(50(44,45)46)17-26(29)33(24)25-10-5-6-11-31(25)49(41,42)43/h5-18,36H,1-4H3,(H,38,39,40)(H,41,42,43)(H,44,45,46). The Hall–Kier alpha value is -4.90. The molecule has 0 aromatic heterocycles. The van der Waals surface area contributed by atoms with Crippen molar-refractivity contribution >= 4 is 58.4 Å². The Balaban J connectivity index is 1.75. The van der Waals surface area contributed by atoms with E-state index in [2.05, 4.69) is 10.3 Å². The van der Waals surface area contributed by atoms with E-state index in [-0.39, 0.29) is 44.6 Å². The molecule has 15 heteroatoms. The van der Waals surface area contributed by atoms with Crippen LogP contribution in [0.1, 0.15) is 22.3 Å². The Morgan fingerprint density at radius 2 is 1.26 bits per heavy atom. The van der Waals surface area contributed by atoms with Crippen LogP contribution >= 0.6 is 0 Å². The molecule has 0 radical (unpaired) electrons. The number of aryl methyl sites for hydroxylation is 3. The highest BCUT2D eigenvalue weighted by molar-refractivity contribution is 7.86. The summed E-state index contributed by atoms with van der Waals surface area (Å²) in [5.74, 6) is 0.00857. The molecular weight excluding hydrogens is 705 g/mol. The molecule has 0 saturated heterocycles. The zero-order valence-corrected chi connectivity index (χ0v) is 29.4. The van der Waals surface area contributed by atoms with Gasteiger partial charge in [-0.2, -0.15) is 25.3 Å². The molecule has 6 rings (SSSR count). The maximum atomic E-state index is 12.9. The van der Waals surface area contributed by atoms with Crippen molar-refractivity contribution in [2.45, 2.75) is 42.4 Å². The number of fused-ring (bicyclic) bond motifs is 2. The summed E-state index contributed by atoms with van der Waals surface area (Å²) in [6.45, 7) is 6.88. The van der Waals surface area contributed by atoms with E-state index in [1.54, 1.807) is 31.2 Å². The smallest absolute Gasteiger partial charge is 0.296 e. The van der Waals surface area contributed by atoms with E-state index < -0.39 is 45.0 Å². The molecular formula is C35H30N2O10S3. The first kappa shape index (κ1) is 34.9. The molecule has 4 N–H and O–H groups in total. The predicted molar refractivity (Wildman–Crippen MR) is 188 cm³/mol. The second kappa shape index (κ2) is 12.5. The molecule has 4 aromatic carbocycles. The molecule has 1 aliphatic heterocycles. The van der Waals surface area contributed by atoms with Gasteiger partial charge in [-0.05, 0) is 80.3 Å². The third kappa shape index (κ3) is 6.54. The molecule has 0 unspecified atom stereocenters. The maximum absolute atomic E-state index is 12.9. The highest BCUT2D eigenvalue weighted by Crippen LogP contribution is 2.44. The van der Waals surface area contributed by atoms with Gasteiger partial charge >= 0.3 is 0 Å². The summed E-state index contributed by atoms with van der Waals surface area (Å²) >= 11 is 0. The van der Waals surface area contributed by atoms with Crippen molar-refractivity contribution in [3.63, 3.8) is 0 Å². The van der Waals surface area contributed by atoms with Crippen LogP contribution in [0.2, 0.25) is 0 Å². The Morgan fingerprint density at radius 1 is 0.620 bits per heavy atom. The number of anilines is 2. The molecule has 0 saturated carbocycles. The van der Waals surface area contributed by atoms with E-state index in [0.29, 0.717) is 16.6 Å². The lowest BCUT2D eigenvalue weighted by atomic mass is 9.93. The lowest BCUT2D eigenvalue weighted by Crippen LogP contribution is -2.16. The monoisotopic (exact) mass is 734 g/mol. The van der Waals surface area contributed by atoms with Crippen LogP contribution in [-0.2, 0) is 30.4 Å². The fraction of sp³-hybridized carbons (Fsp3) is 0.114. The number of rotatable bonds is 7. The Kier molecular flexibility index (Phi) is 8.70. The van der Waals surface area contributed by atoms with E-state index in [0.717, 1.165) is 22.9 Å². The van der Waals surface area contributed by atoms with Crippen molar-refractivity contribution in [1.82, 2.24) is 0 Å². The molecule has 1 aliphatic carbocycles. The molecule has 12 nitrogen and oxygen atoms in total. The van der Waals surface area contributed by atoms with Gasteiger partial charge < -0.3 is 9.73 Å². The van der Waals surface area contributed by atoms with Crippen LogP contribution in [-0.4, -0.2) is 38.9 Å². The molecule has 2 aliphatic rings. The fourth-order valence-corrected chi connectivity index (χ4v) is 8.07. The van der Waals surface area contributed by atoms with Gasteiger partial charge in [0.15, 0.2) is 0 Å². The summed E-state index contributed by atoms with van der Waals surface area (Å²) in [5.41, 5.74) is 4.39. The molecule has 0 fully saturated rings. The average Bonchev–Trinajstić information content (AvgIpc) is 3.01. The molecule has 0 atom stereocenters. The summed E-state index contributed by atoms with van der Waals surface area (Å²) in [7, 11) is -14.5. The van der Waals surface area contributed by atoms with Crippen molar-refractivity contribution in [2.24, 2.45) is 4.99 Å². The highest BCUT2D eigenvalue weighted by Gasteiger charge is 2.27. The average molecular weight is 735 g/mol. The largest absolute Gasteiger partial charge is 0.456 e. The molecule has 4 aromatic rings.